The van der Waals surface area contributed by atoms with Gasteiger partial charge in [-0.1, -0.05) is 31.6 Å². The molecule has 1 atom stereocenters. The van der Waals surface area contributed by atoms with E-state index in [0.717, 1.165) is 68.7 Å². The number of benzene rings is 2. The number of hydrogen-bond acceptors (Lipinski definition) is 11. The first-order valence-corrected chi connectivity index (χ1v) is 24.2. The van der Waals surface area contributed by atoms with Gasteiger partial charge in [0.15, 0.2) is 0 Å². The number of hydrogen-bond donors (Lipinski definition) is 3. The topological polar surface area (TPSA) is 135 Å². The highest BCUT2D eigenvalue weighted by Gasteiger charge is 2.30. The van der Waals surface area contributed by atoms with E-state index in [1.807, 2.05) is 12.1 Å². The van der Waals surface area contributed by atoms with Crippen LogP contribution in [-0.2, 0) is 14.8 Å². The maximum Gasteiger partial charge on any atom is 0.268 e. The summed E-state index contributed by atoms with van der Waals surface area (Å²) in [5.41, 5.74) is 5.66. The van der Waals surface area contributed by atoms with E-state index < -0.39 is 22.4 Å². The molecule has 0 bridgehead atoms. The number of aromatic amines is 1. The number of ether oxygens (including phenoxy) is 2. The number of carbonyl (C=O) groups is 1. The van der Waals surface area contributed by atoms with Crippen molar-refractivity contribution in [2.75, 3.05) is 77.6 Å². The maximum absolute atomic E-state index is 14.0. The molecule has 4 aromatic rings. The highest BCUT2D eigenvalue weighted by Crippen LogP contribution is 2.41. The number of nitrogens with zero attached hydrogens (tertiary/aromatic N) is 5. The third kappa shape index (κ3) is 11.8. The summed E-state index contributed by atoms with van der Waals surface area (Å²) in [6.45, 7) is 14.7. The second-order valence-electron chi connectivity index (χ2n) is 17.1. The summed E-state index contributed by atoms with van der Waals surface area (Å²) in [6, 6.07) is 13.5. The van der Waals surface area contributed by atoms with Crippen LogP contribution in [0.3, 0.4) is 0 Å². The summed E-state index contributed by atoms with van der Waals surface area (Å²) < 4.78 is 70.6. The number of pyridine rings is 1. The number of fused-ring (bicyclic) bond motifs is 1. The molecule has 13 nitrogen and oxygen atoms in total. The molecule has 7 rings (SSSR count). The summed E-state index contributed by atoms with van der Waals surface area (Å²) in [7, 11) is -2.28. The van der Waals surface area contributed by atoms with Crippen LogP contribution < -0.4 is 21.0 Å². The molecule has 0 spiro atoms. The summed E-state index contributed by atoms with van der Waals surface area (Å²) in [4.78, 5) is 28.3. The number of morpholine rings is 1. The highest BCUT2D eigenvalue weighted by atomic mass is 127. The minimum Gasteiger partial charge on any atom is -0.455 e. The second kappa shape index (κ2) is 20.1. The number of allylic oxidation sites excluding steroid dienone is 2. The van der Waals surface area contributed by atoms with Crippen molar-refractivity contribution in [3.63, 3.8) is 0 Å². The van der Waals surface area contributed by atoms with Crippen LogP contribution in [0.1, 0.15) is 56.3 Å². The van der Waals surface area contributed by atoms with E-state index in [-0.39, 0.29) is 33.3 Å². The molecule has 2 fully saturated rings. The SMILES string of the molecule is C=C(CCC1=C(CN2CCN(c3ccc(C(=O)NS(=O)(=O)c4ccc(NC[C@@H]5CN(C)CCO5)c(N(I)I)c4)c(Oc4cnc5[nH]ccc5c4)c3)CC2)CCC(C)(C)C1)C(F)F. The van der Waals surface area contributed by atoms with Crippen molar-refractivity contribution < 1.29 is 31.5 Å². The zero-order valence-corrected chi connectivity index (χ0v) is 40.4. The number of sulfonamides is 1. The van der Waals surface area contributed by atoms with Crippen LogP contribution in [0.4, 0.5) is 25.8 Å². The van der Waals surface area contributed by atoms with Gasteiger partial charge in [0.2, 0.25) is 0 Å². The third-order valence-corrected chi connectivity index (χ3v) is 14.2. The van der Waals surface area contributed by atoms with Gasteiger partial charge in [0.25, 0.3) is 22.4 Å². The van der Waals surface area contributed by atoms with E-state index >= 15 is 0 Å². The number of carbonyl (C=O) groups excluding carboxylic acids is 1. The van der Waals surface area contributed by atoms with Crippen LogP contribution in [0.15, 0.2) is 89.1 Å². The first-order chi connectivity index (χ1) is 29.5. The van der Waals surface area contributed by atoms with Gasteiger partial charge in [-0.05, 0) is 92.6 Å². The lowest BCUT2D eigenvalue weighted by molar-refractivity contribution is -0.0117. The predicted octanol–water partition coefficient (Wildman–Crippen LogP) is 8.95. The molecule has 2 saturated heterocycles. The minimum absolute atomic E-state index is 0.00520. The Morgan fingerprint density at radius 2 is 1.89 bits per heavy atom. The maximum atomic E-state index is 14.0. The zero-order chi connectivity index (χ0) is 44.2. The van der Waals surface area contributed by atoms with Gasteiger partial charge in [-0.15, -0.1) is 0 Å². The molecule has 2 aliphatic heterocycles. The summed E-state index contributed by atoms with van der Waals surface area (Å²) in [6.07, 6.45) is 4.67. The average Bonchev–Trinajstić information content (AvgIpc) is 3.71. The van der Waals surface area contributed by atoms with Crippen molar-refractivity contribution in [1.29, 1.82) is 0 Å². The molecule has 3 aliphatic rings. The van der Waals surface area contributed by atoms with Gasteiger partial charge >= 0.3 is 0 Å². The van der Waals surface area contributed by atoms with Crippen LogP contribution in [0, 0.1) is 5.41 Å². The number of anilines is 3. The van der Waals surface area contributed by atoms with Crippen LogP contribution in [-0.4, -0.2) is 113 Å². The van der Waals surface area contributed by atoms with Crippen molar-refractivity contribution in [2.45, 2.75) is 63.4 Å². The molecule has 3 N–H and O–H groups in total. The van der Waals surface area contributed by atoms with E-state index in [0.29, 0.717) is 56.2 Å². The third-order valence-electron chi connectivity index (χ3n) is 11.9. The molecule has 18 heteroatoms. The summed E-state index contributed by atoms with van der Waals surface area (Å²) in [5.74, 6) is -0.275. The molecule has 1 aliphatic carbocycles. The molecule has 334 valence electrons. The number of piperazine rings is 1. The number of nitrogens with one attached hydrogen (secondary N) is 3. The number of likely N-dealkylation sites (N-methyl/N-ethyl adjacent to an activating group) is 1. The van der Waals surface area contributed by atoms with Crippen molar-refractivity contribution in [3.05, 3.63) is 89.8 Å². The van der Waals surface area contributed by atoms with Crippen molar-refractivity contribution in [3.8, 4) is 11.5 Å². The molecule has 1 amide bonds. The lowest BCUT2D eigenvalue weighted by Crippen LogP contribution is -2.47. The minimum atomic E-state index is -4.33. The summed E-state index contributed by atoms with van der Waals surface area (Å²) >= 11 is 4.15. The van der Waals surface area contributed by atoms with Gasteiger partial charge < -0.3 is 29.6 Å². The van der Waals surface area contributed by atoms with Crippen LogP contribution in [0.5, 0.6) is 11.5 Å². The van der Waals surface area contributed by atoms with Crippen LogP contribution in [0.25, 0.3) is 11.0 Å². The largest absolute Gasteiger partial charge is 0.455 e. The van der Waals surface area contributed by atoms with Gasteiger partial charge in [0.05, 0.1) is 86.5 Å². The quantitative estimate of drug-likeness (QED) is 0.0564. The van der Waals surface area contributed by atoms with Crippen molar-refractivity contribution >= 4 is 89.8 Å². The first kappa shape index (κ1) is 46.4. The fourth-order valence-corrected chi connectivity index (χ4v) is 10.1. The molecule has 0 unspecified atom stereocenters. The molecular formula is C44H54F2I2N8O5S. The number of H-pyrrole nitrogens is 1. The molecule has 4 heterocycles. The monoisotopic (exact) mass is 1100 g/mol. The van der Waals surface area contributed by atoms with E-state index in [2.05, 4.69) is 108 Å². The van der Waals surface area contributed by atoms with Gasteiger partial charge in [0.1, 0.15) is 17.1 Å². The number of alkyl halides is 2. The molecular weight excluding hydrogens is 1040 g/mol. The van der Waals surface area contributed by atoms with Crippen molar-refractivity contribution in [1.82, 2.24) is 24.5 Å². The van der Waals surface area contributed by atoms with Crippen molar-refractivity contribution in [2.24, 2.45) is 5.41 Å². The standard InChI is InChI=1S/C44H54F2I2N8O5S/c1-29(41(45)46)5-6-31-24-44(2,3)13-11-32(31)27-54-15-17-55(18-16-54)33-7-9-37(40(22-33)61-34-21-30-12-14-49-42(30)51-25-34)43(57)52-62(58,59)36-8-10-38(39(23-36)56(47)48)50-26-35-28-53(4)19-20-60-35/h7-10,12,14,21-23,25,35,41,50H,1,5-6,11,13,15-20,24,26-28H2,2-4H3,(H,49,51)(H,52,57)/t35-/m1/s1. The Balaban J connectivity index is 1.07. The average molecular weight is 1100 g/mol. The van der Waals surface area contributed by atoms with E-state index in [1.54, 1.807) is 38.0 Å². The zero-order valence-electron chi connectivity index (χ0n) is 35.2. The van der Waals surface area contributed by atoms with Gasteiger partial charge in [-0.2, -0.15) is 0 Å². The lowest BCUT2D eigenvalue weighted by Gasteiger charge is -2.39. The Hall–Kier alpha value is -3.57. The first-order valence-electron chi connectivity index (χ1n) is 20.8. The fraction of sp³-hybridized carbons (Fsp3) is 0.455. The Morgan fingerprint density at radius 1 is 1.10 bits per heavy atom. The molecule has 62 heavy (non-hydrogen) atoms. The number of amides is 1. The smallest absolute Gasteiger partial charge is 0.268 e. The van der Waals surface area contributed by atoms with E-state index in [1.165, 1.54) is 23.3 Å². The van der Waals surface area contributed by atoms with E-state index in [4.69, 9.17) is 9.47 Å². The Bertz CT molecular complexity index is 2400. The Labute approximate surface area is 390 Å². The number of rotatable bonds is 16. The van der Waals surface area contributed by atoms with Gasteiger partial charge in [0, 0.05) is 75.7 Å². The Morgan fingerprint density at radius 3 is 2.63 bits per heavy atom. The predicted molar refractivity (Wildman–Crippen MR) is 258 cm³/mol. The Kier molecular flexibility index (Phi) is 15.0. The molecule has 0 radical (unpaired) electrons. The number of aromatic nitrogens is 2. The lowest BCUT2D eigenvalue weighted by atomic mass is 9.73. The van der Waals surface area contributed by atoms with Gasteiger partial charge in [-0.25, -0.2) is 26.9 Å². The van der Waals surface area contributed by atoms with E-state index in [9.17, 15) is 22.0 Å². The molecule has 2 aromatic carbocycles. The normalized spacial score (nSPS) is 18.9. The van der Waals surface area contributed by atoms with Gasteiger partial charge in [-0.3, -0.25) is 11.0 Å². The second-order valence-corrected chi connectivity index (χ2v) is 22.6. The summed E-state index contributed by atoms with van der Waals surface area (Å²) in [5, 5.41) is 4.21. The fourth-order valence-electron chi connectivity index (χ4n) is 8.27. The van der Waals surface area contributed by atoms with Crippen LogP contribution >= 0.6 is 45.7 Å². The molecule has 2 aromatic heterocycles. The highest BCUT2D eigenvalue weighted by molar-refractivity contribution is 14.2. The molecule has 0 saturated carbocycles. The number of halogens is 4. The van der Waals surface area contributed by atoms with Crippen LogP contribution in [0.2, 0.25) is 0 Å².